The summed E-state index contributed by atoms with van der Waals surface area (Å²) in [5.41, 5.74) is 0.207. The Hall–Kier alpha value is -2.90. The van der Waals surface area contributed by atoms with Crippen LogP contribution in [0.3, 0.4) is 0 Å². The SMILES string of the molecule is Cc1onc(-c2c(F)cccc2Cl)c1C(=O)OCC(=O)Nc1ccc(Cl)cc1. The summed E-state index contributed by atoms with van der Waals surface area (Å²) in [6, 6.07) is 10.5. The first-order valence-electron chi connectivity index (χ1n) is 8.00. The fourth-order valence-electron chi connectivity index (χ4n) is 2.44. The van der Waals surface area contributed by atoms with Crippen LogP contribution >= 0.6 is 23.2 Å². The lowest BCUT2D eigenvalue weighted by Crippen LogP contribution is -2.21. The lowest BCUT2D eigenvalue weighted by molar-refractivity contribution is -0.119. The van der Waals surface area contributed by atoms with Crippen LogP contribution in [0, 0.1) is 12.7 Å². The molecule has 1 aromatic heterocycles. The number of hydrogen-bond donors (Lipinski definition) is 1. The van der Waals surface area contributed by atoms with Crippen LogP contribution in [-0.4, -0.2) is 23.6 Å². The lowest BCUT2D eigenvalue weighted by atomic mass is 10.1. The molecule has 3 rings (SSSR count). The zero-order valence-corrected chi connectivity index (χ0v) is 16.0. The van der Waals surface area contributed by atoms with Crippen LogP contribution in [0.4, 0.5) is 10.1 Å². The molecule has 0 atom stereocenters. The van der Waals surface area contributed by atoms with Crippen LogP contribution in [0.25, 0.3) is 11.3 Å². The standard InChI is InChI=1S/C19H13Cl2FN2O4/c1-10-16(18(24-28-10)17-13(21)3-2-4-14(17)22)19(26)27-9-15(25)23-12-7-5-11(20)6-8-12/h2-8H,9H2,1H3,(H,23,25). The Morgan fingerprint density at radius 1 is 1.18 bits per heavy atom. The minimum absolute atomic E-state index is 0.0582. The molecule has 28 heavy (non-hydrogen) atoms. The monoisotopic (exact) mass is 422 g/mol. The second-order valence-electron chi connectivity index (χ2n) is 5.69. The van der Waals surface area contributed by atoms with Gasteiger partial charge in [-0.1, -0.05) is 34.4 Å². The molecule has 3 aromatic rings. The maximum atomic E-state index is 14.2. The van der Waals surface area contributed by atoms with Crippen LogP contribution in [0.5, 0.6) is 0 Å². The lowest BCUT2D eigenvalue weighted by Gasteiger charge is -2.08. The maximum absolute atomic E-state index is 14.2. The van der Waals surface area contributed by atoms with E-state index >= 15 is 0 Å². The number of aromatic nitrogens is 1. The van der Waals surface area contributed by atoms with Crippen LogP contribution in [-0.2, 0) is 9.53 Å². The molecule has 1 N–H and O–H groups in total. The van der Waals surface area contributed by atoms with Gasteiger partial charge in [0.25, 0.3) is 5.91 Å². The van der Waals surface area contributed by atoms with Crippen molar-refractivity contribution in [2.45, 2.75) is 6.92 Å². The zero-order chi connectivity index (χ0) is 20.3. The van der Waals surface area contributed by atoms with Crippen LogP contribution < -0.4 is 5.32 Å². The molecule has 0 radical (unpaired) electrons. The van der Waals surface area contributed by atoms with Gasteiger partial charge in [0.1, 0.15) is 22.8 Å². The first kappa shape index (κ1) is 19.9. The van der Waals surface area contributed by atoms with Gasteiger partial charge in [-0.2, -0.15) is 0 Å². The van der Waals surface area contributed by atoms with E-state index in [9.17, 15) is 14.0 Å². The Morgan fingerprint density at radius 2 is 1.89 bits per heavy atom. The Balaban J connectivity index is 1.74. The summed E-state index contributed by atoms with van der Waals surface area (Å²) in [7, 11) is 0. The first-order valence-corrected chi connectivity index (χ1v) is 8.75. The minimum Gasteiger partial charge on any atom is -0.452 e. The van der Waals surface area contributed by atoms with Crippen molar-refractivity contribution < 1.29 is 23.2 Å². The van der Waals surface area contributed by atoms with Gasteiger partial charge in [0.15, 0.2) is 6.61 Å². The average Bonchev–Trinajstić information content (AvgIpc) is 3.03. The smallest absolute Gasteiger partial charge is 0.344 e. The van der Waals surface area contributed by atoms with Crippen molar-refractivity contribution in [1.29, 1.82) is 0 Å². The fraction of sp³-hybridized carbons (Fsp3) is 0.105. The Morgan fingerprint density at radius 3 is 2.57 bits per heavy atom. The van der Waals surface area contributed by atoms with E-state index in [0.29, 0.717) is 10.7 Å². The molecule has 1 amide bonds. The van der Waals surface area contributed by atoms with E-state index in [2.05, 4.69) is 10.5 Å². The molecule has 0 fully saturated rings. The van der Waals surface area contributed by atoms with Gasteiger partial charge < -0.3 is 14.6 Å². The van der Waals surface area contributed by atoms with E-state index in [1.807, 2.05) is 0 Å². The number of carbonyl (C=O) groups excluding carboxylic acids is 2. The quantitative estimate of drug-likeness (QED) is 0.591. The molecule has 0 aliphatic heterocycles. The molecule has 0 spiro atoms. The van der Waals surface area contributed by atoms with Crippen molar-refractivity contribution in [3.8, 4) is 11.3 Å². The molecule has 0 aliphatic rings. The molecular formula is C19H13Cl2FN2O4. The molecule has 0 unspecified atom stereocenters. The van der Waals surface area contributed by atoms with E-state index < -0.39 is 24.3 Å². The van der Waals surface area contributed by atoms with E-state index in [-0.39, 0.29) is 27.6 Å². The van der Waals surface area contributed by atoms with Crippen molar-refractivity contribution in [1.82, 2.24) is 5.16 Å². The number of nitrogens with one attached hydrogen (secondary N) is 1. The largest absolute Gasteiger partial charge is 0.452 e. The Bertz CT molecular complexity index is 1010. The molecule has 0 saturated heterocycles. The van der Waals surface area contributed by atoms with Crippen LogP contribution in [0.1, 0.15) is 16.1 Å². The number of rotatable bonds is 5. The number of halogens is 3. The summed E-state index contributed by atoms with van der Waals surface area (Å²) in [5.74, 6) is -2.01. The second-order valence-corrected chi connectivity index (χ2v) is 6.53. The van der Waals surface area contributed by atoms with Crippen molar-refractivity contribution in [3.05, 3.63) is 69.7 Å². The van der Waals surface area contributed by atoms with Gasteiger partial charge >= 0.3 is 5.97 Å². The molecule has 1 heterocycles. The number of nitrogens with zero attached hydrogens (tertiary/aromatic N) is 1. The number of anilines is 1. The zero-order valence-electron chi connectivity index (χ0n) is 14.5. The van der Waals surface area contributed by atoms with E-state index in [1.54, 1.807) is 24.3 Å². The third-order valence-electron chi connectivity index (χ3n) is 3.73. The molecule has 6 nitrogen and oxygen atoms in total. The van der Waals surface area contributed by atoms with Gasteiger partial charge in [-0.15, -0.1) is 0 Å². The third-order valence-corrected chi connectivity index (χ3v) is 4.30. The molecule has 0 bridgehead atoms. The number of ether oxygens (including phenoxy) is 1. The van der Waals surface area contributed by atoms with Gasteiger partial charge in [0.05, 0.1) is 10.6 Å². The minimum atomic E-state index is -0.890. The normalized spacial score (nSPS) is 10.6. The number of benzene rings is 2. The molecule has 144 valence electrons. The van der Waals surface area contributed by atoms with Crippen molar-refractivity contribution in [2.24, 2.45) is 0 Å². The van der Waals surface area contributed by atoms with Crippen LogP contribution in [0.15, 0.2) is 47.0 Å². The van der Waals surface area contributed by atoms with Gasteiger partial charge in [-0.25, -0.2) is 9.18 Å². The molecule has 0 aliphatic carbocycles. The third kappa shape index (κ3) is 4.32. The maximum Gasteiger partial charge on any atom is 0.344 e. The number of aryl methyl sites for hydroxylation is 1. The van der Waals surface area contributed by atoms with Gasteiger partial charge in [0, 0.05) is 10.7 Å². The van der Waals surface area contributed by atoms with Crippen molar-refractivity contribution in [2.75, 3.05) is 11.9 Å². The predicted octanol–water partition coefficient (Wildman–Crippen LogP) is 4.89. The van der Waals surface area contributed by atoms with Crippen LogP contribution in [0.2, 0.25) is 10.0 Å². The summed E-state index contributed by atoms with van der Waals surface area (Å²) in [4.78, 5) is 24.4. The van der Waals surface area contributed by atoms with Crippen molar-refractivity contribution in [3.63, 3.8) is 0 Å². The summed E-state index contributed by atoms with van der Waals surface area (Å²) < 4.78 is 24.2. The highest BCUT2D eigenvalue weighted by Crippen LogP contribution is 2.33. The molecular weight excluding hydrogens is 410 g/mol. The van der Waals surface area contributed by atoms with Gasteiger partial charge in [-0.05, 0) is 43.3 Å². The molecule has 9 heteroatoms. The second kappa shape index (κ2) is 8.41. The van der Waals surface area contributed by atoms with Crippen molar-refractivity contribution >= 4 is 40.8 Å². The van der Waals surface area contributed by atoms with Gasteiger partial charge in [0.2, 0.25) is 0 Å². The number of hydrogen-bond acceptors (Lipinski definition) is 5. The van der Waals surface area contributed by atoms with E-state index in [1.165, 1.54) is 25.1 Å². The first-order chi connectivity index (χ1) is 13.4. The highest BCUT2D eigenvalue weighted by Gasteiger charge is 2.27. The number of carbonyl (C=O) groups is 2. The number of esters is 1. The van der Waals surface area contributed by atoms with Gasteiger partial charge in [-0.3, -0.25) is 4.79 Å². The van der Waals surface area contributed by atoms with E-state index in [0.717, 1.165) is 0 Å². The number of amides is 1. The predicted molar refractivity (Wildman–Crippen MR) is 102 cm³/mol. The molecule has 0 saturated carbocycles. The Labute approximate surface area is 169 Å². The highest BCUT2D eigenvalue weighted by atomic mass is 35.5. The summed E-state index contributed by atoms with van der Waals surface area (Å²) in [6.07, 6.45) is 0. The summed E-state index contributed by atoms with van der Waals surface area (Å²) in [6.45, 7) is 0.909. The fourth-order valence-corrected chi connectivity index (χ4v) is 2.82. The Kier molecular flexibility index (Phi) is 5.96. The van der Waals surface area contributed by atoms with E-state index in [4.69, 9.17) is 32.5 Å². The summed E-state index contributed by atoms with van der Waals surface area (Å²) >= 11 is 11.8. The highest BCUT2D eigenvalue weighted by molar-refractivity contribution is 6.33. The topological polar surface area (TPSA) is 81.4 Å². The average molecular weight is 423 g/mol. The summed E-state index contributed by atoms with van der Waals surface area (Å²) in [5, 5.41) is 6.85. The molecule has 2 aromatic carbocycles.